The van der Waals surface area contributed by atoms with Gasteiger partial charge in [0.05, 0.1) is 25.2 Å². The average Bonchev–Trinajstić information content (AvgIpc) is 2.99. The van der Waals surface area contributed by atoms with Crippen LogP contribution in [-0.2, 0) is 9.53 Å². The van der Waals surface area contributed by atoms with E-state index in [1.54, 1.807) is 6.20 Å². The van der Waals surface area contributed by atoms with Crippen molar-refractivity contribution in [1.29, 1.82) is 0 Å². The molecule has 0 aromatic carbocycles. The summed E-state index contributed by atoms with van der Waals surface area (Å²) >= 11 is 0. The number of carbonyl (C=O) groups is 1. The molecule has 21 heavy (non-hydrogen) atoms. The van der Waals surface area contributed by atoms with Gasteiger partial charge in [-0.2, -0.15) is 0 Å². The van der Waals surface area contributed by atoms with Gasteiger partial charge in [0.2, 0.25) is 5.91 Å². The highest BCUT2D eigenvalue weighted by molar-refractivity contribution is 5.85. The highest BCUT2D eigenvalue weighted by Gasteiger charge is 2.31. The SMILES string of the molecule is Cl.O=C(CC1CNCCO1)N1CCCC1c1cccnc1. The summed E-state index contributed by atoms with van der Waals surface area (Å²) in [6.45, 7) is 3.20. The minimum Gasteiger partial charge on any atom is -0.375 e. The second kappa shape index (κ2) is 7.73. The molecule has 2 unspecified atom stereocenters. The van der Waals surface area contributed by atoms with E-state index in [0.29, 0.717) is 13.0 Å². The zero-order valence-corrected chi connectivity index (χ0v) is 12.8. The Morgan fingerprint density at radius 2 is 2.43 bits per heavy atom. The van der Waals surface area contributed by atoms with E-state index in [1.165, 1.54) is 0 Å². The first kappa shape index (κ1) is 16.2. The minimum absolute atomic E-state index is 0. The van der Waals surface area contributed by atoms with Gasteiger partial charge in [0.1, 0.15) is 0 Å². The van der Waals surface area contributed by atoms with Crippen LogP contribution in [0, 0.1) is 0 Å². The molecule has 1 N–H and O–H groups in total. The van der Waals surface area contributed by atoms with Crippen molar-refractivity contribution in [2.75, 3.05) is 26.2 Å². The molecule has 2 fully saturated rings. The molecule has 3 heterocycles. The van der Waals surface area contributed by atoms with Crippen LogP contribution in [-0.4, -0.2) is 48.1 Å². The number of pyridine rings is 1. The first-order valence-electron chi connectivity index (χ1n) is 7.36. The van der Waals surface area contributed by atoms with Crippen LogP contribution in [0.4, 0.5) is 0 Å². The molecular weight excluding hydrogens is 290 g/mol. The maximum atomic E-state index is 12.5. The number of morpholine rings is 1. The van der Waals surface area contributed by atoms with Crippen molar-refractivity contribution in [3.63, 3.8) is 0 Å². The molecule has 2 aliphatic heterocycles. The van der Waals surface area contributed by atoms with E-state index in [4.69, 9.17) is 4.74 Å². The van der Waals surface area contributed by atoms with E-state index < -0.39 is 0 Å². The lowest BCUT2D eigenvalue weighted by Gasteiger charge is -2.28. The van der Waals surface area contributed by atoms with Crippen LogP contribution in [0.3, 0.4) is 0 Å². The molecule has 1 amide bonds. The summed E-state index contributed by atoms with van der Waals surface area (Å²) in [5.41, 5.74) is 1.14. The minimum atomic E-state index is 0. The van der Waals surface area contributed by atoms with E-state index in [-0.39, 0.29) is 30.5 Å². The fourth-order valence-corrected chi connectivity index (χ4v) is 3.05. The molecule has 2 aliphatic rings. The summed E-state index contributed by atoms with van der Waals surface area (Å²) in [7, 11) is 0. The summed E-state index contributed by atoms with van der Waals surface area (Å²) in [4.78, 5) is 18.7. The molecular formula is C15H22ClN3O2. The van der Waals surface area contributed by atoms with E-state index in [9.17, 15) is 4.79 Å². The van der Waals surface area contributed by atoms with Gasteiger partial charge in [0, 0.05) is 32.0 Å². The molecule has 1 aromatic rings. The first-order chi connectivity index (χ1) is 9.84. The van der Waals surface area contributed by atoms with Gasteiger partial charge >= 0.3 is 0 Å². The number of aromatic nitrogens is 1. The molecule has 0 saturated carbocycles. The van der Waals surface area contributed by atoms with E-state index in [1.807, 2.05) is 17.2 Å². The molecule has 0 spiro atoms. The monoisotopic (exact) mass is 311 g/mol. The number of ether oxygens (including phenoxy) is 1. The Balaban J connectivity index is 0.00000161. The Kier molecular flexibility index (Phi) is 5.96. The van der Waals surface area contributed by atoms with E-state index in [2.05, 4.69) is 16.4 Å². The lowest BCUT2D eigenvalue weighted by Crippen LogP contribution is -2.42. The molecule has 116 valence electrons. The quantitative estimate of drug-likeness (QED) is 0.920. The lowest BCUT2D eigenvalue weighted by atomic mass is 10.1. The highest BCUT2D eigenvalue weighted by Crippen LogP contribution is 2.32. The largest absolute Gasteiger partial charge is 0.375 e. The second-order valence-electron chi connectivity index (χ2n) is 5.43. The molecule has 1 aromatic heterocycles. The molecule has 0 aliphatic carbocycles. The van der Waals surface area contributed by atoms with Crippen molar-refractivity contribution in [2.24, 2.45) is 0 Å². The number of carbonyl (C=O) groups excluding carboxylic acids is 1. The van der Waals surface area contributed by atoms with Crippen molar-refractivity contribution in [3.8, 4) is 0 Å². The van der Waals surface area contributed by atoms with Crippen LogP contribution in [0.1, 0.15) is 30.9 Å². The maximum absolute atomic E-state index is 12.5. The Hall–Kier alpha value is -1.17. The molecule has 0 radical (unpaired) electrons. The Bertz CT molecular complexity index is 451. The maximum Gasteiger partial charge on any atom is 0.225 e. The fourth-order valence-electron chi connectivity index (χ4n) is 3.05. The molecule has 3 rings (SSSR count). The zero-order chi connectivity index (χ0) is 13.8. The number of nitrogens with one attached hydrogen (secondary N) is 1. The van der Waals surface area contributed by atoms with Crippen LogP contribution in [0.15, 0.2) is 24.5 Å². The normalized spacial score (nSPS) is 25.4. The molecule has 6 heteroatoms. The van der Waals surface area contributed by atoms with Gasteiger partial charge in [0.25, 0.3) is 0 Å². The summed E-state index contributed by atoms with van der Waals surface area (Å²) in [5, 5.41) is 3.27. The van der Waals surface area contributed by atoms with Crippen molar-refractivity contribution >= 4 is 18.3 Å². The van der Waals surface area contributed by atoms with Gasteiger partial charge in [-0.05, 0) is 24.5 Å². The third-order valence-electron chi connectivity index (χ3n) is 4.05. The summed E-state index contributed by atoms with van der Waals surface area (Å²) in [6, 6.07) is 4.18. The van der Waals surface area contributed by atoms with Crippen LogP contribution in [0.2, 0.25) is 0 Å². The topological polar surface area (TPSA) is 54.5 Å². The average molecular weight is 312 g/mol. The summed E-state index contributed by atoms with van der Waals surface area (Å²) in [6.07, 6.45) is 6.23. The number of rotatable bonds is 3. The molecule has 2 atom stereocenters. The first-order valence-corrected chi connectivity index (χ1v) is 7.36. The predicted molar refractivity (Wildman–Crippen MR) is 82.4 cm³/mol. The van der Waals surface area contributed by atoms with Crippen LogP contribution in [0.25, 0.3) is 0 Å². The van der Waals surface area contributed by atoms with Crippen molar-refractivity contribution < 1.29 is 9.53 Å². The van der Waals surface area contributed by atoms with Gasteiger partial charge in [0.15, 0.2) is 0 Å². The third-order valence-corrected chi connectivity index (χ3v) is 4.05. The van der Waals surface area contributed by atoms with Gasteiger partial charge < -0.3 is 15.0 Å². The molecule has 0 bridgehead atoms. The van der Waals surface area contributed by atoms with Gasteiger partial charge in [-0.3, -0.25) is 9.78 Å². The van der Waals surface area contributed by atoms with Crippen molar-refractivity contribution in [1.82, 2.24) is 15.2 Å². The molecule has 5 nitrogen and oxygen atoms in total. The number of hydrogen-bond acceptors (Lipinski definition) is 4. The Morgan fingerprint density at radius 1 is 1.52 bits per heavy atom. The smallest absolute Gasteiger partial charge is 0.225 e. The van der Waals surface area contributed by atoms with Crippen molar-refractivity contribution in [3.05, 3.63) is 30.1 Å². The summed E-state index contributed by atoms with van der Waals surface area (Å²) in [5.74, 6) is 0.199. The Morgan fingerprint density at radius 3 is 3.14 bits per heavy atom. The van der Waals surface area contributed by atoms with Crippen molar-refractivity contribution in [2.45, 2.75) is 31.4 Å². The predicted octanol–water partition coefficient (Wildman–Crippen LogP) is 1.55. The summed E-state index contributed by atoms with van der Waals surface area (Å²) < 4.78 is 5.63. The number of amides is 1. The standard InChI is InChI=1S/C15H21N3O2.ClH/c19-15(9-13-11-17-6-8-20-13)18-7-2-4-14(18)12-3-1-5-16-10-12;/h1,3,5,10,13-14,17H,2,4,6-9,11H2;1H. The van der Waals surface area contributed by atoms with Crippen LogP contribution < -0.4 is 5.32 Å². The number of nitrogens with zero attached hydrogens (tertiary/aromatic N) is 2. The van der Waals surface area contributed by atoms with Gasteiger partial charge in [-0.15, -0.1) is 12.4 Å². The van der Waals surface area contributed by atoms with Crippen LogP contribution in [0.5, 0.6) is 0 Å². The fraction of sp³-hybridized carbons (Fsp3) is 0.600. The molecule has 2 saturated heterocycles. The number of likely N-dealkylation sites (tertiary alicyclic amines) is 1. The van der Waals surface area contributed by atoms with E-state index >= 15 is 0 Å². The number of hydrogen-bond donors (Lipinski definition) is 1. The lowest BCUT2D eigenvalue weighted by molar-refractivity contribution is -0.135. The van der Waals surface area contributed by atoms with Gasteiger partial charge in [-0.1, -0.05) is 6.07 Å². The Labute approximate surface area is 131 Å². The van der Waals surface area contributed by atoms with E-state index in [0.717, 1.165) is 38.0 Å². The van der Waals surface area contributed by atoms with Crippen LogP contribution >= 0.6 is 12.4 Å². The zero-order valence-electron chi connectivity index (χ0n) is 12.0. The number of halogens is 1. The van der Waals surface area contributed by atoms with Gasteiger partial charge in [-0.25, -0.2) is 0 Å². The third kappa shape index (κ3) is 3.93. The second-order valence-corrected chi connectivity index (χ2v) is 5.43. The highest BCUT2D eigenvalue weighted by atomic mass is 35.5.